The number of rotatable bonds is 4. The molecule has 1 aromatic heterocycles. The fourth-order valence-corrected chi connectivity index (χ4v) is 2.57. The molecule has 0 atom stereocenters. The highest BCUT2D eigenvalue weighted by Gasteiger charge is 2.21. The minimum absolute atomic E-state index is 0.132. The molecule has 1 aliphatic rings. The maximum atomic E-state index is 12.2. The minimum atomic E-state index is -0.439. The maximum absolute atomic E-state index is 12.2. The fourth-order valence-electron chi connectivity index (χ4n) is 2.57. The van der Waals surface area contributed by atoms with E-state index in [0.29, 0.717) is 23.6 Å². The predicted octanol–water partition coefficient (Wildman–Crippen LogP) is 2.49. The van der Waals surface area contributed by atoms with Gasteiger partial charge in [-0.15, -0.1) is 0 Å². The third-order valence-electron chi connectivity index (χ3n) is 3.87. The second-order valence-corrected chi connectivity index (χ2v) is 5.83. The van der Waals surface area contributed by atoms with Crippen molar-refractivity contribution >= 4 is 23.4 Å². The number of esters is 1. The van der Waals surface area contributed by atoms with Crippen molar-refractivity contribution in [3.05, 3.63) is 48.2 Å². The Hall–Kier alpha value is -2.89. The summed E-state index contributed by atoms with van der Waals surface area (Å²) in [6, 6.07) is 10.3. The van der Waals surface area contributed by atoms with Gasteiger partial charge in [0.15, 0.2) is 0 Å². The predicted molar refractivity (Wildman–Crippen MR) is 91.6 cm³/mol. The molecule has 3 rings (SSSR count). The second-order valence-electron chi connectivity index (χ2n) is 5.83. The van der Waals surface area contributed by atoms with Crippen LogP contribution in [0.2, 0.25) is 0 Å². The number of pyridine rings is 1. The van der Waals surface area contributed by atoms with E-state index in [1.165, 1.54) is 0 Å². The van der Waals surface area contributed by atoms with Crippen LogP contribution in [0, 0.1) is 0 Å². The van der Waals surface area contributed by atoms with Gasteiger partial charge < -0.3 is 14.5 Å². The number of anilines is 2. The molecule has 2 aromatic rings. The van der Waals surface area contributed by atoms with Gasteiger partial charge in [0.1, 0.15) is 11.6 Å². The third kappa shape index (κ3) is 3.37. The summed E-state index contributed by atoms with van der Waals surface area (Å²) >= 11 is 0. The molecular weight excluding hydrogens is 306 g/mol. The Balaban J connectivity index is 1.70. The SMILES string of the molecule is CN(C)c1cc(C(=O)Oc2ccc(N3CCCC3=O)cc2)ccn1. The molecule has 24 heavy (non-hydrogen) atoms. The van der Waals surface area contributed by atoms with Gasteiger partial charge in [0, 0.05) is 38.9 Å². The molecule has 0 unspecified atom stereocenters. The molecule has 0 radical (unpaired) electrons. The maximum Gasteiger partial charge on any atom is 0.343 e. The van der Waals surface area contributed by atoms with Gasteiger partial charge in [0.25, 0.3) is 0 Å². The van der Waals surface area contributed by atoms with Crippen LogP contribution in [0.15, 0.2) is 42.6 Å². The van der Waals surface area contributed by atoms with E-state index in [4.69, 9.17) is 4.74 Å². The first kappa shape index (κ1) is 16.0. The zero-order valence-corrected chi connectivity index (χ0v) is 13.7. The molecule has 6 nitrogen and oxygen atoms in total. The summed E-state index contributed by atoms with van der Waals surface area (Å²) in [4.78, 5) is 31.7. The van der Waals surface area contributed by atoms with Crippen LogP contribution in [0.3, 0.4) is 0 Å². The Morgan fingerprint density at radius 3 is 2.58 bits per heavy atom. The van der Waals surface area contributed by atoms with Crippen molar-refractivity contribution in [1.82, 2.24) is 4.98 Å². The van der Waals surface area contributed by atoms with Crippen molar-refractivity contribution in [1.29, 1.82) is 0 Å². The van der Waals surface area contributed by atoms with Crippen molar-refractivity contribution in [2.45, 2.75) is 12.8 Å². The summed E-state index contributed by atoms with van der Waals surface area (Å²) in [5.41, 5.74) is 1.27. The Bertz CT molecular complexity index is 756. The molecule has 124 valence electrons. The van der Waals surface area contributed by atoms with Crippen LogP contribution in [0.25, 0.3) is 0 Å². The van der Waals surface area contributed by atoms with Crippen LogP contribution in [-0.2, 0) is 4.79 Å². The molecule has 1 aliphatic heterocycles. The first-order valence-electron chi connectivity index (χ1n) is 7.80. The van der Waals surface area contributed by atoms with Gasteiger partial charge in [0.2, 0.25) is 5.91 Å². The molecule has 0 aliphatic carbocycles. The molecule has 2 heterocycles. The average Bonchev–Trinajstić information content (AvgIpc) is 3.01. The van der Waals surface area contributed by atoms with Crippen LogP contribution < -0.4 is 14.5 Å². The molecule has 0 N–H and O–H groups in total. The number of benzene rings is 1. The summed E-state index contributed by atoms with van der Waals surface area (Å²) in [5, 5.41) is 0. The lowest BCUT2D eigenvalue weighted by molar-refractivity contribution is -0.117. The summed E-state index contributed by atoms with van der Waals surface area (Å²) in [6.45, 7) is 0.738. The minimum Gasteiger partial charge on any atom is -0.423 e. The molecule has 0 saturated carbocycles. The highest BCUT2D eigenvalue weighted by molar-refractivity contribution is 5.95. The lowest BCUT2D eigenvalue weighted by Crippen LogP contribution is -2.23. The van der Waals surface area contributed by atoms with E-state index in [0.717, 1.165) is 18.7 Å². The van der Waals surface area contributed by atoms with Crippen molar-refractivity contribution in [2.75, 3.05) is 30.4 Å². The van der Waals surface area contributed by atoms with Crippen LogP contribution >= 0.6 is 0 Å². The topological polar surface area (TPSA) is 62.7 Å². The van der Waals surface area contributed by atoms with E-state index in [-0.39, 0.29) is 5.91 Å². The Morgan fingerprint density at radius 2 is 1.96 bits per heavy atom. The van der Waals surface area contributed by atoms with Gasteiger partial charge >= 0.3 is 5.97 Å². The monoisotopic (exact) mass is 325 g/mol. The highest BCUT2D eigenvalue weighted by Crippen LogP contribution is 2.24. The van der Waals surface area contributed by atoms with Gasteiger partial charge in [-0.25, -0.2) is 9.78 Å². The molecular formula is C18H19N3O3. The fraction of sp³-hybridized carbons (Fsp3) is 0.278. The summed E-state index contributed by atoms with van der Waals surface area (Å²) < 4.78 is 5.39. The molecule has 1 amide bonds. The van der Waals surface area contributed by atoms with E-state index in [1.54, 1.807) is 47.5 Å². The van der Waals surface area contributed by atoms with Crippen LogP contribution in [0.1, 0.15) is 23.2 Å². The largest absolute Gasteiger partial charge is 0.423 e. The van der Waals surface area contributed by atoms with Crippen LogP contribution in [0.4, 0.5) is 11.5 Å². The molecule has 1 fully saturated rings. The number of aromatic nitrogens is 1. The Labute approximate surface area is 140 Å². The quantitative estimate of drug-likeness (QED) is 0.638. The number of nitrogens with zero attached hydrogens (tertiary/aromatic N) is 3. The third-order valence-corrected chi connectivity index (χ3v) is 3.87. The number of ether oxygens (including phenoxy) is 1. The first-order chi connectivity index (χ1) is 11.5. The number of hydrogen-bond acceptors (Lipinski definition) is 5. The van der Waals surface area contributed by atoms with Crippen molar-refractivity contribution in [2.24, 2.45) is 0 Å². The number of amides is 1. The zero-order chi connectivity index (χ0) is 17.1. The molecule has 1 saturated heterocycles. The van der Waals surface area contributed by atoms with Gasteiger partial charge in [-0.3, -0.25) is 4.79 Å². The first-order valence-corrected chi connectivity index (χ1v) is 7.80. The van der Waals surface area contributed by atoms with Crippen molar-refractivity contribution < 1.29 is 14.3 Å². The molecule has 0 spiro atoms. The molecule has 1 aromatic carbocycles. The highest BCUT2D eigenvalue weighted by atomic mass is 16.5. The lowest BCUT2D eigenvalue weighted by Gasteiger charge is -2.16. The summed E-state index contributed by atoms with van der Waals surface area (Å²) in [5.74, 6) is 0.823. The smallest absolute Gasteiger partial charge is 0.343 e. The van der Waals surface area contributed by atoms with Crippen molar-refractivity contribution in [3.8, 4) is 5.75 Å². The summed E-state index contributed by atoms with van der Waals surface area (Å²) in [6.07, 6.45) is 3.05. The van der Waals surface area contributed by atoms with Crippen LogP contribution in [-0.4, -0.2) is 37.5 Å². The van der Waals surface area contributed by atoms with E-state index >= 15 is 0 Å². The average molecular weight is 325 g/mol. The number of hydrogen-bond donors (Lipinski definition) is 0. The lowest BCUT2D eigenvalue weighted by atomic mass is 10.2. The van der Waals surface area contributed by atoms with Gasteiger partial charge in [-0.2, -0.15) is 0 Å². The standard InChI is InChI=1S/C18H19N3O3/c1-20(2)16-12-13(9-10-19-16)18(23)24-15-7-5-14(6-8-15)21-11-3-4-17(21)22/h5-10,12H,3-4,11H2,1-2H3. The van der Waals surface area contributed by atoms with Gasteiger partial charge in [-0.1, -0.05) is 0 Å². The van der Waals surface area contributed by atoms with E-state index < -0.39 is 5.97 Å². The Kier molecular flexibility index (Phi) is 4.46. The molecule has 6 heteroatoms. The van der Waals surface area contributed by atoms with Gasteiger partial charge in [0.05, 0.1) is 5.56 Å². The van der Waals surface area contributed by atoms with Gasteiger partial charge in [-0.05, 0) is 42.8 Å². The van der Waals surface area contributed by atoms with E-state index in [2.05, 4.69) is 4.98 Å². The normalized spacial score (nSPS) is 13.9. The van der Waals surface area contributed by atoms with E-state index in [9.17, 15) is 9.59 Å². The van der Waals surface area contributed by atoms with Crippen molar-refractivity contribution in [3.63, 3.8) is 0 Å². The van der Waals surface area contributed by atoms with Crippen LogP contribution in [0.5, 0.6) is 5.75 Å². The number of carbonyl (C=O) groups excluding carboxylic acids is 2. The molecule has 0 bridgehead atoms. The zero-order valence-electron chi connectivity index (χ0n) is 13.7. The van der Waals surface area contributed by atoms with E-state index in [1.807, 2.05) is 19.0 Å². The second kappa shape index (κ2) is 6.70. The number of carbonyl (C=O) groups is 2. The summed E-state index contributed by atoms with van der Waals surface area (Å²) in [7, 11) is 3.71. The Morgan fingerprint density at radius 1 is 1.21 bits per heavy atom.